The molecule has 0 unspecified atom stereocenters. The number of rotatable bonds is 6. The van der Waals surface area contributed by atoms with E-state index >= 15 is 0 Å². The Morgan fingerprint density at radius 1 is 0.895 bits per heavy atom. The third-order valence-corrected chi connectivity index (χ3v) is 4.71. The molecular formula is C16H33N3. The molecule has 2 fully saturated rings. The predicted octanol–water partition coefficient (Wildman–Crippen LogP) is 1.99. The summed E-state index contributed by atoms with van der Waals surface area (Å²) in [5.74, 6) is 1.79. The average Bonchev–Trinajstić information content (AvgIpc) is 2.32. The smallest absolute Gasteiger partial charge is 0.0113 e. The summed E-state index contributed by atoms with van der Waals surface area (Å²) in [5.41, 5.74) is 0. The quantitative estimate of drug-likeness (QED) is 0.729. The van der Waals surface area contributed by atoms with Crippen LogP contribution in [0, 0.1) is 11.8 Å². The maximum Gasteiger partial charge on any atom is 0.0113 e. The molecule has 0 amide bonds. The second kappa shape index (κ2) is 7.05. The van der Waals surface area contributed by atoms with Crippen molar-refractivity contribution in [1.82, 2.24) is 14.7 Å². The molecule has 2 rings (SSSR count). The average molecular weight is 267 g/mol. The van der Waals surface area contributed by atoms with Crippen LogP contribution in [0.5, 0.6) is 0 Å². The monoisotopic (exact) mass is 267 g/mol. The molecule has 0 aromatic heterocycles. The lowest BCUT2D eigenvalue weighted by Gasteiger charge is -2.44. The summed E-state index contributed by atoms with van der Waals surface area (Å²) < 4.78 is 0. The van der Waals surface area contributed by atoms with E-state index in [1.807, 2.05) is 0 Å². The summed E-state index contributed by atoms with van der Waals surface area (Å²) in [4.78, 5) is 7.92. The Balaban J connectivity index is 1.56. The zero-order valence-corrected chi connectivity index (χ0v) is 13.4. The van der Waals surface area contributed by atoms with Gasteiger partial charge in [0.25, 0.3) is 0 Å². The van der Waals surface area contributed by atoms with Gasteiger partial charge in [-0.15, -0.1) is 0 Å². The molecule has 0 saturated carbocycles. The molecule has 0 bridgehead atoms. The minimum atomic E-state index is 0.720. The van der Waals surface area contributed by atoms with Crippen LogP contribution < -0.4 is 0 Å². The molecule has 0 aromatic carbocycles. The van der Waals surface area contributed by atoms with Gasteiger partial charge in [-0.25, -0.2) is 0 Å². The van der Waals surface area contributed by atoms with Gasteiger partial charge < -0.3 is 9.80 Å². The normalized spacial score (nSPS) is 24.3. The lowest BCUT2D eigenvalue weighted by atomic mass is 9.97. The van der Waals surface area contributed by atoms with E-state index in [2.05, 4.69) is 42.4 Å². The zero-order valence-electron chi connectivity index (χ0n) is 13.4. The Morgan fingerprint density at radius 2 is 1.53 bits per heavy atom. The molecule has 2 heterocycles. The lowest BCUT2D eigenvalue weighted by Crippen LogP contribution is -2.55. The van der Waals surface area contributed by atoms with Crippen LogP contribution >= 0.6 is 0 Å². The van der Waals surface area contributed by atoms with Gasteiger partial charge in [0.2, 0.25) is 0 Å². The molecule has 3 nitrogen and oxygen atoms in total. The van der Waals surface area contributed by atoms with Crippen molar-refractivity contribution in [2.45, 2.75) is 40.2 Å². The van der Waals surface area contributed by atoms with Gasteiger partial charge >= 0.3 is 0 Å². The molecule has 0 aliphatic carbocycles. The van der Waals surface area contributed by atoms with Crippen molar-refractivity contribution in [3.05, 3.63) is 0 Å². The van der Waals surface area contributed by atoms with E-state index in [1.54, 1.807) is 0 Å². The largest absolute Gasteiger partial charge is 0.303 e. The molecule has 112 valence electrons. The van der Waals surface area contributed by atoms with Gasteiger partial charge in [0, 0.05) is 51.9 Å². The van der Waals surface area contributed by atoms with Gasteiger partial charge in [0.15, 0.2) is 0 Å². The molecule has 0 aromatic rings. The van der Waals surface area contributed by atoms with E-state index in [0.29, 0.717) is 0 Å². The Kier molecular flexibility index (Phi) is 5.67. The van der Waals surface area contributed by atoms with E-state index in [1.165, 1.54) is 58.8 Å². The van der Waals surface area contributed by atoms with Crippen molar-refractivity contribution < 1.29 is 0 Å². The van der Waals surface area contributed by atoms with Gasteiger partial charge in [0.05, 0.1) is 0 Å². The second-order valence-corrected chi connectivity index (χ2v) is 7.24. The number of hydrogen-bond acceptors (Lipinski definition) is 3. The first kappa shape index (κ1) is 15.3. The van der Waals surface area contributed by atoms with Crippen molar-refractivity contribution in [2.24, 2.45) is 11.8 Å². The van der Waals surface area contributed by atoms with Crippen LogP contribution in [0.25, 0.3) is 0 Å². The predicted molar refractivity (Wildman–Crippen MR) is 82.5 cm³/mol. The van der Waals surface area contributed by atoms with Crippen LogP contribution in [0.3, 0.4) is 0 Å². The summed E-state index contributed by atoms with van der Waals surface area (Å²) >= 11 is 0. The van der Waals surface area contributed by atoms with E-state index in [4.69, 9.17) is 0 Å². The summed E-state index contributed by atoms with van der Waals surface area (Å²) in [6.45, 7) is 19.7. The highest BCUT2D eigenvalue weighted by molar-refractivity contribution is 4.84. The molecule has 0 N–H and O–H groups in total. The van der Waals surface area contributed by atoms with Crippen LogP contribution in [0.4, 0.5) is 0 Å². The Hall–Kier alpha value is -0.120. The van der Waals surface area contributed by atoms with E-state index in [9.17, 15) is 0 Å². The fraction of sp³-hybridized carbons (Fsp3) is 1.00. The van der Waals surface area contributed by atoms with Crippen molar-refractivity contribution >= 4 is 0 Å². The minimum absolute atomic E-state index is 0.720. The number of hydrogen-bond donors (Lipinski definition) is 0. The van der Waals surface area contributed by atoms with Crippen LogP contribution in [0.15, 0.2) is 0 Å². The van der Waals surface area contributed by atoms with Crippen LogP contribution in [0.2, 0.25) is 0 Å². The molecule has 2 aliphatic rings. The SMILES string of the molecule is CC(C)CCN1CC(CN2CCN(C(C)C)CC2)C1. The van der Waals surface area contributed by atoms with Crippen molar-refractivity contribution in [3.8, 4) is 0 Å². The molecule has 19 heavy (non-hydrogen) atoms. The number of nitrogens with zero attached hydrogens (tertiary/aromatic N) is 3. The molecule has 3 heteroatoms. The highest BCUT2D eigenvalue weighted by Crippen LogP contribution is 2.19. The summed E-state index contributed by atoms with van der Waals surface area (Å²) in [6.07, 6.45) is 1.36. The standard InChI is InChI=1S/C16H33N3/c1-14(2)5-6-18-12-16(13-18)11-17-7-9-19(10-8-17)15(3)4/h14-16H,5-13H2,1-4H3. The molecular weight excluding hydrogens is 234 g/mol. The van der Waals surface area contributed by atoms with Gasteiger partial charge in [-0.1, -0.05) is 13.8 Å². The van der Waals surface area contributed by atoms with Gasteiger partial charge in [-0.2, -0.15) is 0 Å². The molecule has 0 atom stereocenters. The highest BCUT2D eigenvalue weighted by atomic mass is 15.3. The van der Waals surface area contributed by atoms with Crippen LogP contribution in [0.1, 0.15) is 34.1 Å². The third kappa shape index (κ3) is 4.73. The molecule has 2 saturated heterocycles. The Bertz CT molecular complexity index is 251. The first-order chi connectivity index (χ1) is 9.04. The maximum absolute atomic E-state index is 2.68. The van der Waals surface area contributed by atoms with Crippen LogP contribution in [-0.4, -0.2) is 73.1 Å². The molecule has 0 radical (unpaired) electrons. The fourth-order valence-electron chi connectivity index (χ4n) is 3.24. The zero-order chi connectivity index (χ0) is 13.8. The number of likely N-dealkylation sites (tertiary alicyclic amines) is 1. The number of piperazine rings is 1. The topological polar surface area (TPSA) is 9.72 Å². The van der Waals surface area contributed by atoms with Gasteiger partial charge in [-0.05, 0) is 38.6 Å². The van der Waals surface area contributed by atoms with Crippen molar-refractivity contribution in [1.29, 1.82) is 0 Å². The Labute approximate surface area is 119 Å². The minimum Gasteiger partial charge on any atom is -0.303 e. The first-order valence-electron chi connectivity index (χ1n) is 8.23. The lowest BCUT2D eigenvalue weighted by molar-refractivity contribution is 0.0389. The fourth-order valence-corrected chi connectivity index (χ4v) is 3.24. The Morgan fingerprint density at radius 3 is 2.05 bits per heavy atom. The first-order valence-corrected chi connectivity index (χ1v) is 8.23. The highest BCUT2D eigenvalue weighted by Gasteiger charge is 2.29. The van der Waals surface area contributed by atoms with E-state index in [0.717, 1.165) is 17.9 Å². The van der Waals surface area contributed by atoms with E-state index in [-0.39, 0.29) is 0 Å². The van der Waals surface area contributed by atoms with Crippen molar-refractivity contribution in [2.75, 3.05) is 52.4 Å². The second-order valence-electron chi connectivity index (χ2n) is 7.24. The van der Waals surface area contributed by atoms with Gasteiger partial charge in [0.1, 0.15) is 0 Å². The molecule has 0 spiro atoms. The van der Waals surface area contributed by atoms with Crippen LogP contribution in [-0.2, 0) is 0 Å². The summed E-state index contributed by atoms with van der Waals surface area (Å²) in [7, 11) is 0. The van der Waals surface area contributed by atoms with E-state index < -0.39 is 0 Å². The third-order valence-electron chi connectivity index (χ3n) is 4.71. The maximum atomic E-state index is 2.68. The van der Waals surface area contributed by atoms with Gasteiger partial charge in [-0.3, -0.25) is 4.90 Å². The molecule has 2 aliphatic heterocycles. The summed E-state index contributed by atoms with van der Waals surface area (Å²) in [5, 5.41) is 0. The summed E-state index contributed by atoms with van der Waals surface area (Å²) in [6, 6.07) is 0.720. The van der Waals surface area contributed by atoms with Crippen molar-refractivity contribution in [3.63, 3.8) is 0 Å².